The van der Waals surface area contributed by atoms with Gasteiger partial charge in [0.2, 0.25) is 0 Å². The van der Waals surface area contributed by atoms with Crippen LogP contribution in [0.5, 0.6) is 0 Å². The second kappa shape index (κ2) is 5.77. The van der Waals surface area contributed by atoms with E-state index in [1.165, 1.54) is 34.9 Å². The number of carboxylic acid groups (broad SMARTS) is 1. The van der Waals surface area contributed by atoms with E-state index in [9.17, 15) is 9.18 Å². The fraction of sp³-hybridized carbons (Fsp3) is 0.0667. The maximum Gasteiger partial charge on any atom is 0.337 e. The first-order valence-electron chi connectivity index (χ1n) is 6.54. The van der Waals surface area contributed by atoms with E-state index in [4.69, 9.17) is 16.7 Å². The summed E-state index contributed by atoms with van der Waals surface area (Å²) in [6.45, 7) is 1.74. The Morgan fingerprint density at radius 2 is 2.09 bits per heavy atom. The third-order valence-electron chi connectivity index (χ3n) is 3.17. The Hall–Kier alpha value is -2.80. The number of aromatic nitrogens is 2. The minimum atomic E-state index is -1.05. The first-order valence-corrected chi connectivity index (χ1v) is 6.92. The molecule has 6 nitrogen and oxygen atoms in total. The van der Waals surface area contributed by atoms with Crippen molar-refractivity contribution in [2.75, 3.05) is 0 Å². The van der Waals surface area contributed by atoms with E-state index >= 15 is 0 Å². The van der Waals surface area contributed by atoms with Gasteiger partial charge < -0.3 is 5.11 Å². The normalized spacial score (nSPS) is 11.4. The molecule has 0 saturated carbocycles. The molecule has 0 aliphatic heterocycles. The fourth-order valence-electron chi connectivity index (χ4n) is 2.05. The molecule has 0 unspecified atom stereocenters. The van der Waals surface area contributed by atoms with E-state index in [1.807, 2.05) is 0 Å². The van der Waals surface area contributed by atoms with Crippen molar-refractivity contribution in [1.29, 1.82) is 0 Å². The lowest BCUT2D eigenvalue weighted by molar-refractivity contribution is 0.0696. The zero-order valence-corrected chi connectivity index (χ0v) is 12.6. The smallest absolute Gasteiger partial charge is 0.337 e. The van der Waals surface area contributed by atoms with Gasteiger partial charge >= 0.3 is 5.97 Å². The van der Waals surface area contributed by atoms with E-state index in [0.717, 1.165) is 0 Å². The highest BCUT2D eigenvalue weighted by Gasteiger charge is 2.11. The number of benzene rings is 1. The van der Waals surface area contributed by atoms with E-state index in [-0.39, 0.29) is 10.6 Å². The maximum atomic E-state index is 13.1. The van der Waals surface area contributed by atoms with Gasteiger partial charge in [-0.15, -0.1) is 10.2 Å². The van der Waals surface area contributed by atoms with Crippen LogP contribution in [-0.4, -0.2) is 20.5 Å². The number of hydrogen-bond donors (Lipinski definition) is 1. The summed E-state index contributed by atoms with van der Waals surface area (Å²) in [6, 6.07) is 7.03. The van der Waals surface area contributed by atoms with Gasteiger partial charge in [0.1, 0.15) is 11.5 Å². The zero-order chi connectivity index (χ0) is 16.6. The van der Waals surface area contributed by atoms with Crippen LogP contribution in [0.15, 0.2) is 46.8 Å². The van der Waals surface area contributed by atoms with Crippen LogP contribution in [0.25, 0.3) is 5.65 Å². The number of rotatable bonds is 3. The number of carboxylic acids is 1. The van der Waals surface area contributed by atoms with Gasteiger partial charge in [0, 0.05) is 6.20 Å². The average Bonchev–Trinajstić information content (AvgIpc) is 2.83. The van der Waals surface area contributed by atoms with Crippen molar-refractivity contribution in [3.05, 3.63) is 58.6 Å². The lowest BCUT2D eigenvalue weighted by atomic mass is 10.3. The predicted molar refractivity (Wildman–Crippen MR) is 82.5 cm³/mol. The predicted octanol–water partition coefficient (Wildman–Crippen LogP) is 4.55. The Balaban J connectivity index is 2.06. The standard InChI is InChI=1S/C15H10ClFN4O2/c1-8-14(20-19-10-3-4-12(17)11(16)6-10)21-7-9(15(22)23)2-5-13(21)18-8/h2-7H,1H3,(H,22,23). The Kier molecular flexibility index (Phi) is 3.79. The van der Waals surface area contributed by atoms with Crippen LogP contribution >= 0.6 is 11.6 Å². The Bertz CT molecular complexity index is 952. The number of carbonyl (C=O) groups is 1. The number of aromatic carboxylic acids is 1. The minimum absolute atomic E-state index is 0.0514. The molecule has 0 fully saturated rings. The summed E-state index contributed by atoms with van der Waals surface area (Å²) < 4.78 is 14.7. The van der Waals surface area contributed by atoms with Gasteiger partial charge in [-0.1, -0.05) is 11.6 Å². The van der Waals surface area contributed by atoms with Crippen molar-refractivity contribution < 1.29 is 14.3 Å². The van der Waals surface area contributed by atoms with E-state index in [2.05, 4.69) is 15.2 Å². The molecular formula is C15H10ClFN4O2. The number of nitrogens with zero attached hydrogens (tertiary/aromatic N) is 4. The first kappa shape index (κ1) is 15.1. The van der Waals surface area contributed by atoms with Crippen LogP contribution in [0, 0.1) is 12.7 Å². The number of hydrogen-bond acceptors (Lipinski definition) is 4. The highest BCUT2D eigenvalue weighted by molar-refractivity contribution is 6.30. The summed E-state index contributed by atoms with van der Waals surface area (Å²) >= 11 is 5.70. The van der Waals surface area contributed by atoms with Crippen LogP contribution < -0.4 is 0 Å². The van der Waals surface area contributed by atoms with Crippen LogP contribution in [0.1, 0.15) is 16.1 Å². The highest BCUT2D eigenvalue weighted by atomic mass is 35.5. The van der Waals surface area contributed by atoms with E-state index in [0.29, 0.717) is 22.8 Å². The topological polar surface area (TPSA) is 79.3 Å². The molecule has 1 aromatic carbocycles. The molecule has 3 aromatic rings. The Morgan fingerprint density at radius 1 is 1.30 bits per heavy atom. The molecule has 2 heterocycles. The zero-order valence-electron chi connectivity index (χ0n) is 11.9. The number of aryl methyl sites for hydroxylation is 1. The van der Waals surface area contributed by atoms with Crippen LogP contribution in [0.4, 0.5) is 15.9 Å². The molecule has 0 saturated heterocycles. The van der Waals surface area contributed by atoms with Crippen molar-refractivity contribution in [2.24, 2.45) is 10.2 Å². The Labute approximate surface area is 134 Å². The molecule has 8 heteroatoms. The maximum absolute atomic E-state index is 13.1. The van der Waals surface area contributed by atoms with Crippen molar-refractivity contribution in [2.45, 2.75) is 6.92 Å². The van der Waals surface area contributed by atoms with Gasteiger partial charge in [-0.2, -0.15) is 0 Å². The molecule has 1 N–H and O–H groups in total. The van der Waals surface area contributed by atoms with Gasteiger partial charge in [-0.05, 0) is 37.3 Å². The van der Waals surface area contributed by atoms with Gasteiger partial charge in [0.15, 0.2) is 5.82 Å². The number of fused-ring (bicyclic) bond motifs is 1. The number of imidazole rings is 1. The van der Waals surface area contributed by atoms with E-state index < -0.39 is 11.8 Å². The van der Waals surface area contributed by atoms with Crippen LogP contribution in [0.3, 0.4) is 0 Å². The van der Waals surface area contributed by atoms with Crippen molar-refractivity contribution in [3.63, 3.8) is 0 Å². The minimum Gasteiger partial charge on any atom is -0.478 e. The summed E-state index contributed by atoms with van der Waals surface area (Å²) in [5, 5.41) is 17.1. The second-order valence-corrected chi connectivity index (χ2v) is 5.18. The first-order chi connectivity index (χ1) is 11.0. The van der Waals surface area contributed by atoms with Gasteiger partial charge in [0.25, 0.3) is 0 Å². The summed E-state index contributed by atoms with van der Waals surface area (Å²) in [5.41, 5.74) is 1.62. The summed E-state index contributed by atoms with van der Waals surface area (Å²) in [6.07, 6.45) is 1.42. The lowest BCUT2D eigenvalue weighted by Gasteiger charge is -1.99. The van der Waals surface area contributed by atoms with Gasteiger partial charge in [0.05, 0.1) is 22.0 Å². The van der Waals surface area contributed by atoms with Crippen LogP contribution in [-0.2, 0) is 0 Å². The molecule has 116 valence electrons. The number of azo groups is 1. The molecule has 0 aliphatic rings. The summed E-state index contributed by atoms with van der Waals surface area (Å²) in [5.74, 6) is -1.20. The molecule has 23 heavy (non-hydrogen) atoms. The highest BCUT2D eigenvalue weighted by Crippen LogP contribution is 2.26. The summed E-state index contributed by atoms with van der Waals surface area (Å²) in [7, 11) is 0. The molecule has 0 bridgehead atoms. The molecule has 0 spiro atoms. The molecule has 0 atom stereocenters. The second-order valence-electron chi connectivity index (χ2n) is 4.77. The number of halogens is 2. The molecule has 3 rings (SSSR count). The largest absolute Gasteiger partial charge is 0.478 e. The van der Waals surface area contributed by atoms with Crippen molar-refractivity contribution in [1.82, 2.24) is 9.38 Å². The molecule has 0 aliphatic carbocycles. The van der Waals surface area contributed by atoms with Gasteiger partial charge in [-0.3, -0.25) is 4.40 Å². The third-order valence-corrected chi connectivity index (χ3v) is 3.46. The lowest BCUT2D eigenvalue weighted by Crippen LogP contribution is -1.98. The fourth-order valence-corrected chi connectivity index (χ4v) is 2.22. The van der Waals surface area contributed by atoms with Crippen LogP contribution in [0.2, 0.25) is 5.02 Å². The molecule has 2 aromatic heterocycles. The average molecular weight is 333 g/mol. The van der Waals surface area contributed by atoms with E-state index in [1.54, 1.807) is 13.0 Å². The third kappa shape index (κ3) is 2.91. The van der Waals surface area contributed by atoms with Crippen molar-refractivity contribution in [3.8, 4) is 0 Å². The molecular weight excluding hydrogens is 323 g/mol. The summed E-state index contributed by atoms with van der Waals surface area (Å²) in [4.78, 5) is 15.4. The number of pyridine rings is 1. The monoisotopic (exact) mass is 332 g/mol. The van der Waals surface area contributed by atoms with Crippen molar-refractivity contribution >= 4 is 34.7 Å². The molecule has 0 amide bonds. The Morgan fingerprint density at radius 3 is 2.78 bits per heavy atom. The SMILES string of the molecule is Cc1nc2ccc(C(=O)O)cn2c1N=Nc1ccc(F)c(Cl)c1. The quantitative estimate of drug-likeness (QED) is 0.714. The van der Waals surface area contributed by atoms with Gasteiger partial charge in [-0.25, -0.2) is 14.2 Å². The molecule has 0 radical (unpaired) electrons.